The molecular weight excluding hydrogens is 234 g/mol. The number of nitrogens with zero attached hydrogens (tertiary/aromatic N) is 2. The molecule has 18 heavy (non-hydrogen) atoms. The summed E-state index contributed by atoms with van der Waals surface area (Å²) in [5.41, 5.74) is 0. The molecule has 0 spiro atoms. The highest BCUT2D eigenvalue weighted by molar-refractivity contribution is 5.80. The summed E-state index contributed by atoms with van der Waals surface area (Å²) in [4.78, 5) is 11.5. The van der Waals surface area contributed by atoms with E-state index in [1.165, 1.54) is 0 Å². The molecule has 0 unspecified atom stereocenters. The number of carbonyl (C=O) groups is 1. The zero-order valence-corrected chi connectivity index (χ0v) is 10.8. The molecule has 1 aliphatic heterocycles. The molecule has 2 atom stereocenters. The first-order valence-electron chi connectivity index (χ1n) is 6.18. The largest absolute Gasteiger partial charge is 0.461 e. The molecule has 2 rings (SSSR count). The van der Waals surface area contributed by atoms with E-state index in [4.69, 9.17) is 9.47 Å². The predicted molar refractivity (Wildman–Crippen MR) is 66.3 cm³/mol. The van der Waals surface area contributed by atoms with Crippen molar-refractivity contribution in [1.29, 1.82) is 0 Å². The molecule has 1 N–H and O–H groups in total. The second kappa shape index (κ2) is 5.86. The number of ether oxygens (including phenoxy) is 2. The predicted octanol–water partition coefficient (Wildman–Crippen LogP) is 1.04. The number of cyclic esters (lactones) is 1. The number of aromatic nitrogens is 2. The van der Waals surface area contributed by atoms with Crippen molar-refractivity contribution >= 4 is 11.8 Å². The first kappa shape index (κ1) is 12.9. The van der Waals surface area contributed by atoms with Gasteiger partial charge in [0.15, 0.2) is 0 Å². The number of aryl methyl sites for hydroxylation is 1. The average Bonchev–Trinajstić information content (AvgIpc) is 2.88. The zero-order valence-electron chi connectivity index (χ0n) is 10.8. The maximum Gasteiger partial charge on any atom is 0.329 e. The monoisotopic (exact) mass is 253 g/mol. The molecule has 0 saturated carbocycles. The van der Waals surface area contributed by atoms with Crippen molar-refractivity contribution in [2.24, 2.45) is 0 Å². The lowest BCUT2D eigenvalue weighted by molar-refractivity contribution is -0.141. The summed E-state index contributed by atoms with van der Waals surface area (Å²) in [6.07, 6.45) is 3.48. The normalized spacial score (nSPS) is 23.1. The maximum atomic E-state index is 11.5. The molecule has 0 aliphatic carbocycles. The lowest BCUT2D eigenvalue weighted by atomic mass is 10.2. The van der Waals surface area contributed by atoms with Crippen LogP contribution < -0.4 is 5.32 Å². The fourth-order valence-corrected chi connectivity index (χ4v) is 1.99. The molecule has 1 aromatic heterocycles. The van der Waals surface area contributed by atoms with Crippen LogP contribution in [0.2, 0.25) is 0 Å². The fraction of sp³-hybridized carbons (Fsp3) is 0.667. The van der Waals surface area contributed by atoms with Gasteiger partial charge in [-0.05, 0) is 13.3 Å². The summed E-state index contributed by atoms with van der Waals surface area (Å²) in [5, 5.41) is 7.44. The number of methoxy groups -OCH3 is 1. The maximum absolute atomic E-state index is 11.5. The Kier molecular flexibility index (Phi) is 4.19. The molecule has 1 aromatic rings. The Labute approximate surface area is 106 Å². The first-order chi connectivity index (χ1) is 8.69. The average molecular weight is 253 g/mol. The summed E-state index contributed by atoms with van der Waals surface area (Å²) < 4.78 is 11.9. The van der Waals surface area contributed by atoms with Crippen molar-refractivity contribution in [3.63, 3.8) is 0 Å². The molecule has 2 heterocycles. The standard InChI is InChI=1S/C12H19N3O3/c1-9-8-10(12(16)18-9)13-11-4-6-15(14-11)5-3-7-17-2/h4,6,9-10H,3,5,7-8H2,1-2H3,(H,13,14)/t9-,10-/m1/s1. The third-order valence-corrected chi connectivity index (χ3v) is 2.87. The highest BCUT2D eigenvalue weighted by Gasteiger charge is 2.31. The number of anilines is 1. The van der Waals surface area contributed by atoms with Crippen LogP contribution in [0.5, 0.6) is 0 Å². The second-order valence-corrected chi connectivity index (χ2v) is 4.49. The van der Waals surface area contributed by atoms with Gasteiger partial charge < -0.3 is 14.8 Å². The molecule has 0 amide bonds. The van der Waals surface area contributed by atoms with E-state index >= 15 is 0 Å². The molecular formula is C12H19N3O3. The number of rotatable bonds is 6. The van der Waals surface area contributed by atoms with Gasteiger partial charge in [-0.3, -0.25) is 4.68 Å². The molecule has 6 heteroatoms. The van der Waals surface area contributed by atoms with Crippen LogP contribution in [0, 0.1) is 0 Å². The highest BCUT2D eigenvalue weighted by Crippen LogP contribution is 2.18. The van der Waals surface area contributed by atoms with Gasteiger partial charge in [-0.1, -0.05) is 0 Å². The van der Waals surface area contributed by atoms with Gasteiger partial charge in [0.05, 0.1) is 0 Å². The van der Waals surface area contributed by atoms with Gasteiger partial charge in [0.1, 0.15) is 18.0 Å². The van der Waals surface area contributed by atoms with Crippen molar-refractivity contribution in [1.82, 2.24) is 9.78 Å². The van der Waals surface area contributed by atoms with Crippen LogP contribution in [-0.2, 0) is 20.8 Å². The van der Waals surface area contributed by atoms with E-state index in [0.29, 0.717) is 12.2 Å². The van der Waals surface area contributed by atoms with Crippen LogP contribution in [0.4, 0.5) is 5.82 Å². The Morgan fingerprint density at radius 1 is 1.67 bits per heavy atom. The highest BCUT2D eigenvalue weighted by atomic mass is 16.6. The smallest absolute Gasteiger partial charge is 0.329 e. The first-order valence-corrected chi connectivity index (χ1v) is 6.18. The fourth-order valence-electron chi connectivity index (χ4n) is 1.99. The Balaban J connectivity index is 1.84. The lowest BCUT2D eigenvalue weighted by Gasteiger charge is -2.06. The zero-order chi connectivity index (χ0) is 13.0. The molecule has 1 aliphatic rings. The molecule has 1 saturated heterocycles. The van der Waals surface area contributed by atoms with Crippen molar-refractivity contribution in [3.8, 4) is 0 Å². The quantitative estimate of drug-likeness (QED) is 0.606. The Hall–Kier alpha value is -1.56. The van der Waals surface area contributed by atoms with Gasteiger partial charge >= 0.3 is 5.97 Å². The molecule has 6 nitrogen and oxygen atoms in total. The summed E-state index contributed by atoms with van der Waals surface area (Å²) in [5.74, 6) is 0.514. The molecule has 0 aromatic carbocycles. The number of hydrogen-bond acceptors (Lipinski definition) is 5. The third kappa shape index (κ3) is 3.22. The Bertz CT molecular complexity index is 405. The molecule has 0 bridgehead atoms. The van der Waals surface area contributed by atoms with Gasteiger partial charge in [-0.25, -0.2) is 4.79 Å². The van der Waals surface area contributed by atoms with Gasteiger partial charge in [0, 0.05) is 38.9 Å². The number of esters is 1. The topological polar surface area (TPSA) is 65.4 Å². The van der Waals surface area contributed by atoms with E-state index in [-0.39, 0.29) is 18.1 Å². The van der Waals surface area contributed by atoms with E-state index in [0.717, 1.165) is 19.6 Å². The second-order valence-electron chi connectivity index (χ2n) is 4.49. The minimum absolute atomic E-state index is 0.0150. The molecule has 100 valence electrons. The molecule has 1 fully saturated rings. The summed E-state index contributed by atoms with van der Waals surface area (Å²) in [6, 6.07) is 1.59. The summed E-state index contributed by atoms with van der Waals surface area (Å²) in [6.45, 7) is 3.42. The van der Waals surface area contributed by atoms with E-state index in [1.807, 2.05) is 23.9 Å². The van der Waals surface area contributed by atoms with Crippen LogP contribution in [-0.4, -0.2) is 41.6 Å². The summed E-state index contributed by atoms with van der Waals surface area (Å²) >= 11 is 0. The van der Waals surface area contributed by atoms with Crippen molar-refractivity contribution < 1.29 is 14.3 Å². The minimum Gasteiger partial charge on any atom is -0.461 e. The van der Waals surface area contributed by atoms with Crippen LogP contribution in [0.15, 0.2) is 12.3 Å². The SMILES string of the molecule is COCCCn1ccc(N[C@@H]2C[C@@H](C)OC2=O)n1. The van der Waals surface area contributed by atoms with E-state index in [1.54, 1.807) is 7.11 Å². The van der Waals surface area contributed by atoms with E-state index in [9.17, 15) is 4.79 Å². The van der Waals surface area contributed by atoms with Crippen LogP contribution in [0.3, 0.4) is 0 Å². The lowest BCUT2D eigenvalue weighted by Crippen LogP contribution is -2.24. The van der Waals surface area contributed by atoms with E-state index in [2.05, 4.69) is 10.4 Å². The Morgan fingerprint density at radius 3 is 3.17 bits per heavy atom. The molecule has 0 radical (unpaired) electrons. The van der Waals surface area contributed by atoms with Gasteiger partial charge in [-0.2, -0.15) is 5.10 Å². The van der Waals surface area contributed by atoms with E-state index < -0.39 is 0 Å². The minimum atomic E-state index is -0.276. The third-order valence-electron chi connectivity index (χ3n) is 2.87. The van der Waals surface area contributed by atoms with Crippen LogP contribution in [0.1, 0.15) is 19.8 Å². The van der Waals surface area contributed by atoms with Crippen molar-refractivity contribution in [2.45, 2.75) is 38.5 Å². The van der Waals surface area contributed by atoms with Crippen LogP contribution >= 0.6 is 0 Å². The van der Waals surface area contributed by atoms with Gasteiger partial charge in [0.2, 0.25) is 0 Å². The van der Waals surface area contributed by atoms with Gasteiger partial charge in [0.25, 0.3) is 0 Å². The number of nitrogens with one attached hydrogen (secondary N) is 1. The van der Waals surface area contributed by atoms with Crippen molar-refractivity contribution in [2.75, 3.05) is 19.0 Å². The van der Waals surface area contributed by atoms with Crippen molar-refractivity contribution in [3.05, 3.63) is 12.3 Å². The number of carbonyl (C=O) groups excluding carboxylic acids is 1. The summed E-state index contributed by atoms with van der Waals surface area (Å²) in [7, 11) is 1.68. The van der Waals surface area contributed by atoms with Crippen LogP contribution in [0.25, 0.3) is 0 Å². The van der Waals surface area contributed by atoms with Gasteiger partial charge in [-0.15, -0.1) is 0 Å². The Morgan fingerprint density at radius 2 is 2.50 bits per heavy atom. The number of hydrogen-bond donors (Lipinski definition) is 1.